The number of aromatic nitrogens is 4. The molecule has 1 unspecified atom stereocenters. The van der Waals surface area contributed by atoms with Crippen LogP contribution in [0.4, 0.5) is 0 Å². The molecule has 1 atom stereocenters. The molecule has 0 N–H and O–H groups in total. The topological polar surface area (TPSA) is 73.1 Å². The van der Waals surface area contributed by atoms with Gasteiger partial charge in [-0.1, -0.05) is 0 Å². The molecule has 3 rings (SSSR count). The van der Waals surface area contributed by atoms with Gasteiger partial charge in [0.25, 0.3) is 5.91 Å². The highest BCUT2D eigenvalue weighted by Crippen LogP contribution is 2.26. The molecule has 1 aliphatic heterocycles. The predicted molar refractivity (Wildman–Crippen MR) is 79.0 cm³/mol. The van der Waals surface area contributed by atoms with Gasteiger partial charge in [-0.15, -0.1) is 10.2 Å². The van der Waals surface area contributed by atoms with E-state index in [9.17, 15) is 4.79 Å². The maximum atomic E-state index is 12.6. The van der Waals surface area contributed by atoms with Crippen LogP contribution in [-0.2, 0) is 17.9 Å². The number of fused-ring (bicyclic) bond motifs is 1. The quantitative estimate of drug-likeness (QED) is 0.854. The molecular weight excluding hydrogens is 282 g/mol. The molecule has 0 spiro atoms. The molecule has 0 saturated heterocycles. The Kier molecular flexibility index (Phi) is 4.15. The number of carbonyl (C=O) groups is 1. The molecule has 0 radical (unpaired) electrons. The van der Waals surface area contributed by atoms with Gasteiger partial charge in [0, 0.05) is 37.7 Å². The zero-order valence-corrected chi connectivity index (χ0v) is 12.8. The largest absolute Gasteiger partial charge is 0.374 e. The van der Waals surface area contributed by atoms with Crippen LogP contribution in [0.25, 0.3) is 0 Å². The summed E-state index contributed by atoms with van der Waals surface area (Å²) in [6, 6.07) is 3.35. The second-order valence-electron chi connectivity index (χ2n) is 5.17. The van der Waals surface area contributed by atoms with Crippen molar-refractivity contribution in [3.05, 3.63) is 41.7 Å². The van der Waals surface area contributed by atoms with Crippen LogP contribution < -0.4 is 0 Å². The van der Waals surface area contributed by atoms with E-state index in [0.29, 0.717) is 31.9 Å². The molecule has 1 amide bonds. The Hall–Kier alpha value is -2.28. The fraction of sp³-hybridized carbons (Fsp3) is 0.467. The Morgan fingerprint density at radius 3 is 2.82 bits per heavy atom. The second kappa shape index (κ2) is 6.23. The first-order valence-corrected chi connectivity index (χ1v) is 7.43. The van der Waals surface area contributed by atoms with Crippen molar-refractivity contribution in [3.63, 3.8) is 0 Å². The Balaban J connectivity index is 1.81. The highest BCUT2D eigenvalue weighted by atomic mass is 16.5. The number of ether oxygens (including phenoxy) is 1. The van der Waals surface area contributed by atoms with Gasteiger partial charge in [0.2, 0.25) is 0 Å². The average Bonchev–Trinajstić information content (AvgIpc) is 2.97. The molecule has 1 aliphatic rings. The molecule has 0 fully saturated rings. The van der Waals surface area contributed by atoms with Gasteiger partial charge in [-0.2, -0.15) is 0 Å². The third kappa shape index (κ3) is 2.59. The molecular formula is C15H19N5O2. The average molecular weight is 301 g/mol. The molecule has 3 heterocycles. The van der Waals surface area contributed by atoms with E-state index < -0.39 is 0 Å². The van der Waals surface area contributed by atoms with Crippen LogP contribution in [0, 0.1) is 0 Å². The van der Waals surface area contributed by atoms with E-state index >= 15 is 0 Å². The van der Waals surface area contributed by atoms with Crippen LogP contribution in [0.3, 0.4) is 0 Å². The fourth-order valence-corrected chi connectivity index (χ4v) is 2.68. The summed E-state index contributed by atoms with van der Waals surface area (Å²) in [5.74, 6) is 1.62. The molecule has 0 aliphatic carbocycles. The third-order valence-corrected chi connectivity index (χ3v) is 3.89. The Bertz CT molecular complexity index is 655. The van der Waals surface area contributed by atoms with E-state index in [4.69, 9.17) is 4.74 Å². The van der Waals surface area contributed by atoms with E-state index in [0.717, 1.165) is 11.6 Å². The standard InChI is InChI=1S/C15H19N5O2/c1-3-22-10-13-17-18-14-11(2)19(8-9-20(13)14)15(21)12-4-6-16-7-5-12/h4-7,11H,3,8-10H2,1-2H3. The third-order valence-electron chi connectivity index (χ3n) is 3.89. The smallest absolute Gasteiger partial charge is 0.254 e. The molecule has 2 aromatic rings. The SMILES string of the molecule is CCOCc1nnc2n1CCN(C(=O)c1ccncc1)C2C. The minimum absolute atomic E-state index is 0.00416. The van der Waals surface area contributed by atoms with Gasteiger partial charge in [0.1, 0.15) is 6.61 Å². The van der Waals surface area contributed by atoms with Gasteiger partial charge in [-0.3, -0.25) is 9.78 Å². The van der Waals surface area contributed by atoms with Crippen LogP contribution in [0.15, 0.2) is 24.5 Å². The molecule has 2 aromatic heterocycles. The molecule has 0 saturated carbocycles. The summed E-state index contributed by atoms with van der Waals surface area (Å²) in [7, 11) is 0. The lowest BCUT2D eigenvalue weighted by atomic mass is 10.1. The molecule has 22 heavy (non-hydrogen) atoms. The Morgan fingerprint density at radius 1 is 1.32 bits per heavy atom. The molecule has 116 valence electrons. The van der Waals surface area contributed by atoms with Crippen molar-refractivity contribution in [2.75, 3.05) is 13.2 Å². The summed E-state index contributed by atoms with van der Waals surface area (Å²) in [6.07, 6.45) is 3.26. The summed E-state index contributed by atoms with van der Waals surface area (Å²) in [6.45, 7) is 6.34. The van der Waals surface area contributed by atoms with Crippen LogP contribution in [0.2, 0.25) is 0 Å². The summed E-state index contributed by atoms with van der Waals surface area (Å²) in [4.78, 5) is 18.4. The lowest BCUT2D eigenvalue weighted by Gasteiger charge is -2.33. The van der Waals surface area contributed by atoms with E-state index in [1.54, 1.807) is 24.5 Å². The van der Waals surface area contributed by atoms with Crippen LogP contribution >= 0.6 is 0 Å². The zero-order valence-electron chi connectivity index (χ0n) is 12.8. The first kappa shape index (κ1) is 14.6. The van der Waals surface area contributed by atoms with Crippen molar-refractivity contribution in [2.45, 2.75) is 33.0 Å². The molecule has 0 aromatic carbocycles. The van der Waals surface area contributed by atoms with Crippen molar-refractivity contribution in [2.24, 2.45) is 0 Å². The minimum Gasteiger partial charge on any atom is -0.374 e. The summed E-state index contributed by atoms with van der Waals surface area (Å²) in [5, 5.41) is 8.44. The lowest BCUT2D eigenvalue weighted by Crippen LogP contribution is -2.41. The van der Waals surface area contributed by atoms with Gasteiger partial charge >= 0.3 is 0 Å². The van der Waals surface area contributed by atoms with E-state index in [1.807, 2.05) is 18.7 Å². The van der Waals surface area contributed by atoms with Gasteiger partial charge < -0.3 is 14.2 Å². The van der Waals surface area contributed by atoms with Gasteiger partial charge in [0.05, 0.1) is 6.04 Å². The van der Waals surface area contributed by atoms with Crippen LogP contribution in [0.1, 0.15) is 41.9 Å². The number of hydrogen-bond acceptors (Lipinski definition) is 5. The van der Waals surface area contributed by atoms with E-state index in [2.05, 4.69) is 19.7 Å². The van der Waals surface area contributed by atoms with Gasteiger partial charge in [0.15, 0.2) is 11.6 Å². The normalized spacial score (nSPS) is 17.4. The zero-order chi connectivity index (χ0) is 15.5. The van der Waals surface area contributed by atoms with Crippen molar-refractivity contribution in [3.8, 4) is 0 Å². The summed E-state index contributed by atoms with van der Waals surface area (Å²) in [5.41, 5.74) is 0.643. The Morgan fingerprint density at radius 2 is 2.09 bits per heavy atom. The Labute approximate surface area is 128 Å². The number of nitrogens with zero attached hydrogens (tertiary/aromatic N) is 5. The molecule has 7 nitrogen and oxygen atoms in total. The van der Waals surface area contributed by atoms with Gasteiger partial charge in [-0.25, -0.2) is 0 Å². The lowest BCUT2D eigenvalue weighted by molar-refractivity contribution is 0.0629. The van der Waals surface area contributed by atoms with Crippen LogP contribution in [-0.4, -0.2) is 43.7 Å². The summed E-state index contributed by atoms with van der Waals surface area (Å²) < 4.78 is 7.46. The van der Waals surface area contributed by atoms with Crippen molar-refractivity contribution >= 4 is 5.91 Å². The highest BCUT2D eigenvalue weighted by molar-refractivity contribution is 5.94. The van der Waals surface area contributed by atoms with Crippen molar-refractivity contribution < 1.29 is 9.53 Å². The molecule has 7 heteroatoms. The monoisotopic (exact) mass is 301 g/mol. The maximum absolute atomic E-state index is 12.6. The van der Waals surface area contributed by atoms with Crippen molar-refractivity contribution in [1.29, 1.82) is 0 Å². The highest BCUT2D eigenvalue weighted by Gasteiger charge is 2.31. The van der Waals surface area contributed by atoms with Crippen molar-refractivity contribution in [1.82, 2.24) is 24.6 Å². The number of carbonyl (C=O) groups excluding carboxylic acids is 1. The molecule has 0 bridgehead atoms. The predicted octanol–water partition coefficient (Wildman–Crippen LogP) is 1.43. The summed E-state index contributed by atoms with van der Waals surface area (Å²) >= 11 is 0. The minimum atomic E-state index is -0.114. The van der Waals surface area contributed by atoms with E-state index in [1.165, 1.54) is 0 Å². The first-order valence-electron chi connectivity index (χ1n) is 7.43. The number of hydrogen-bond donors (Lipinski definition) is 0. The number of pyridine rings is 1. The van der Waals surface area contributed by atoms with Crippen LogP contribution in [0.5, 0.6) is 0 Å². The van der Waals surface area contributed by atoms with E-state index in [-0.39, 0.29) is 11.9 Å². The first-order chi connectivity index (χ1) is 10.7. The second-order valence-corrected chi connectivity index (χ2v) is 5.17. The number of amides is 1. The maximum Gasteiger partial charge on any atom is 0.254 e. The number of rotatable bonds is 4. The fourth-order valence-electron chi connectivity index (χ4n) is 2.68. The van der Waals surface area contributed by atoms with Gasteiger partial charge in [-0.05, 0) is 26.0 Å².